The van der Waals surface area contributed by atoms with Crippen LogP contribution in [0.5, 0.6) is 0 Å². The van der Waals surface area contributed by atoms with Crippen LogP contribution in [0.3, 0.4) is 0 Å². The summed E-state index contributed by atoms with van der Waals surface area (Å²) in [7, 11) is 0. The van der Waals surface area contributed by atoms with E-state index in [0.717, 1.165) is 45.2 Å². The number of nitrogens with zero attached hydrogens (tertiary/aromatic N) is 3. The molecule has 0 aromatic heterocycles. The van der Waals surface area contributed by atoms with Gasteiger partial charge in [-0.2, -0.15) is 0 Å². The normalized spacial score (nSPS) is 23.2. The summed E-state index contributed by atoms with van der Waals surface area (Å²) in [5.41, 5.74) is 0. The first kappa shape index (κ1) is 14.8. The van der Waals surface area contributed by atoms with Gasteiger partial charge in [-0.05, 0) is 25.7 Å². The summed E-state index contributed by atoms with van der Waals surface area (Å²) in [6, 6.07) is 0.625. The molecule has 2 rings (SSSR count). The highest BCUT2D eigenvalue weighted by atomic mass is 16.2. The Labute approximate surface area is 117 Å². The Morgan fingerprint density at radius 2 is 1.63 bits per heavy atom. The molecule has 0 aromatic rings. The fraction of sp³-hybridized carbons (Fsp3) is 0.933. The second-order valence-electron chi connectivity index (χ2n) is 6.71. The summed E-state index contributed by atoms with van der Waals surface area (Å²) >= 11 is 0. The third kappa shape index (κ3) is 3.69. The number of hydrogen-bond donors (Lipinski definition) is 0. The van der Waals surface area contributed by atoms with Crippen LogP contribution in [-0.4, -0.2) is 72.5 Å². The zero-order valence-corrected chi connectivity index (χ0v) is 12.9. The van der Waals surface area contributed by atoms with E-state index in [1.54, 1.807) is 0 Å². The number of carbonyl (C=O) groups excluding carboxylic acids is 1. The van der Waals surface area contributed by atoms with Gasteiger partial charge >= 0.3 is 0 Å². The van der Waals surface area contributed by atoms with Crippen LogP contribution in [0.25, 0.3) is 0 Å². The second-order valence-corrected chi connectivity index (χ2v) is 6.71. The first-order chi connectivity index (χ1) is 8.97. The minimum Gasteiger partial charge on any atom is -0.341 e. The Bertz CT molecular complexity index is 303. The van der Waals surface area contributed by atoms with Crippen molar-refractivity contribution in [3.8, 4) is 0 Å². The molecule has 0 saturated carbocycles. The van der Waals surface area contributed by atoms with Gasteiger partial charge in [0, 0.05) is 45.3 Å². The van der Waals surface area contributed by atoms with Crippen molar-refractivity contribution in [1.82, 2.24) is 14.7 Å². The molecule has 2 saturated heterocycles. The summed E-state index contributed by atoms with van der Waals surface area (Å²) in [6.07, 6.45) is 0. The average Bonchev–Trinajstić information content (AvgIpc) is 2.26. The molecule has 0 atom stereocenters. The highest BCUT2D eigenvalue weighted by Crippen LogP contribution is 2.23. The molecule has 0 bridgehead atoms. The van der Waals surface area contributed by atoms with Crippen LogP contribution in [0.2, 0.25) is 0 Å². The van der Waals surface area contributed by atoms with Crippen LogP contribution in [0.1, 0.15) is 27.7 Å². The summed E-state index contributed by atoms with van der Waals surface area (Å²) in [5.74, 6) is 1.76. The maximum atomic E-state index is 12.1. The van der Waals surface area contributed by atoms with Crippen molar-refractivity contribution in [1.29, 1.82) is 0 Å². The van der Waals surface area contributed by atoms with Gasteiger partial charge in [0.2, 0.25) is 5.91 Å². The summed E-state index contributed by atoms with van der Waals surface area (Å²) < 4.78 is 0. The van der Waals surface area contributed by atoms with Gasteiger partial charge in [0.1, 0.15) is 0 Å². The fourth-order valence-corrected chi connectivity index (χ4v) is 2.87. The van der Waals surface area contributed by atoms with Gasteiger partial charge in [-0.1, -0.05) is 13.8 Å². The molecule has 19 heavy (non-hydrogen) atoms. The number of piperazine rings is 1. The lowest BCUT2D eigenvalue weighted by Gasteiger charge is -2.43. The molecule has 0 unspecified atom stereocenters. The van der Waals surface area contributed by atoms with Gasteiger partial charge in [0.05, 0.1) is 6.54 Å². The standard InChI is InChI=1S/C15H29N3O/c1-12(2)14-9-18(10-14)15(19)11-16-5-7-17(8-6-16)13(3)4/h12-14H,5-11H2,1-4H3. The number of rotatable bonds is 4. The Morgan fingerprint density at radius 1 is 1.05 bits per heavy atom. The predicted molar refractivity (Wildman–Crippen MR) is 78.1 cm³/mol. The van der Waals surface area contributed by atoms with Crippen LogP contribution < -0.4 is 0 Å². The first-order valence-corrected chi connectivity index (χ1v) is 7.71. The zero-order chi connectivity index (χ0) is 14.0. The predicted octanol–water partition coefficient (Wildman–Crippen LogP) is 1.13. The van der Waals surface area contributed by atoms with Crippen LogP contribution in [0.15, 0.2) is 0 Å². The number of amides is 1. The smallest absolute Gasteiger partial charge is 0.236 e. The second kappa shape index (κ2) is 6.23. The summed E-state index contributed by atoms with van der Waals surface area (Å²) in [5, 5.41) is 0. The van der Waals surface area contributed by atoms with Crippen molar-refractivity contribution in [3.63, 3.8) is 0 Å². The molecule has 0 spiro atoms. The minimum atomic E-state index is 0.329. The molecule has 0 aliphatic carbocycles. The van der Waals surface area contributed by atoms with Crippen molar-refractivity contribution in [3.05, 3.63) is 0 Å². The Morgan fingerprint density at radius 3 is 2.11 bits per heavy atom. The molecule has 0 N–H and O–H groups in total. The van der Waals surface area contributed by atoms with Gasteiger partial charge < -0.3 is 4.90 Å². The summed E-state index contributed by atoms with van der Waals surface area (Å²) in [6.45, 7) is 15.8. The Kier molecular flexibility index (Phi) is 4.85. The quantitative estimate of drug-likeness (QED) is 0.764. The zero-order valence-electron chi connectivity index (χ0n) is 12.9. The van der Waals surface area contributed by atoms with E-state index < -0.39 is 0 Å². The molecule has 4 nitrogen and oxygen atoms in total. The van der Waals surface area contributed by atoms with E-state index >= 15 is 0 Å². The van der Waals surface area contributed by atoms with E-state index in [-0.39, 0.29) is 0 Å². The molecular formula is C15H29N3O. The maximum absolute atomic E-state index is 12.1. The molecule has 2 aliphatic rings. The van der Waals surface area contributed by atoms with E-state index in [9.17, 15) is 4.79 Å². The third-order valence-corrected chi connectivity index (χ3v) is 4.70. The molecule has 2 heterocycles. The van der Waals surface area contributed by atoms with Crippen molar-refractivity contribution < 1.29 is 4.79 Å². The molecular weight excluding hydrogens is 238 g/mol. The molecule has 1 amide bonds. The molecule has 2 aliphatic heterocycles. The molecule has 110 valence electrons. The lowest BCUT2D eigenvalue weighted by atomic mass is 9.88. The number of hydrogen-bond acceptors (Lipinski definition) is 3. The van der Waals surface area contributed by atoms with Gasteiger partial charge in [0.15, 0.2) is 0 Å². The van der Waals surface area contributed by atoms with Crippen molar-refractivity contribution in [2.24, 2.45) is 11.8 Å². The topological polar surface area (TPSA) is 26.8 Å². The third-order valence-electron chi connectivity index (χ3n) is 4.70. The van der Waals surface area contributed by atoms with Crippen LogP contribution in [0.4, 0.5) is 0 Å². The lowest BCUT2D eigenvalue weighted by molar-refractivity contribution is -0.140. The lowest BCUT2D eigenvalue weighted by Crippen LogP contribution is -2.56. The average molecular weight is 267 g/mol. The maximum Gasteiger partial charge on any atom is 0.236 e. The highest BCUT2D eigenvalue weighted by molar-refractivity contribution is 5.79. The fourth-order valence-electron chi connectivity index (χ4n) is 2.87. The highest BCUT2D eigenvalue weighted by Gasteiger charge is 2.33. The number of likely N-dealkylation sites (tertiary alicyclic amines) is 1. The Balaban J connectivity index is 1.67. The van der Waals surface area contributed by atoms with Crippen molar-refractivity contribution in [2.75, 3.05) is 45.8 Å². The van der Waals surface area contributed by atoms with Gasteiger partial charge in [0.25, 0.3) is 0 Å². The first-order valence-electron chi connectivity index (χ1n) is 7.71. The molecule has 2 fully saturated rings. The SMILES string of the molecule is CC(C)C1CN(C(=O)CN2CCN(C(C)C)CC2)C1. The van der Waals surface area contributed by atoms with E-state index in [1.807, 2.05) is 4.90 Å². The summed E-state index contributed by atoms with van der Waals surface area (Å²) in [4.78, 5) is 19.0. The van der Waals surface area contributed by atoms with Crippen molar-refractivity contribution in [2.45, 2.75) is 33.7 Å². The van der Waals surface area contributed by atoms with Gasteiger partial charge in [-0.25, -0.2) is 0 Å². The van der Waals surface area contributed by atoms with Gasteiger partial charge in [-0.15, -0.1) is 0 Å². The Hall–Kier alpha value is -0.610. The van der Waals surface area contributed by atoms with Crippen LogP contribution >= 0.6 is 0 Å². The van der Waals surface area contributed by atoms with Crippen molar-refractivity contribution >= 4 is 5.91 Å². The van der Waals surface area contributed by atoms with E-state index in [2.05, 4.69) is 37.5 Å². The van der Waals surface area contributed by atoms with Gasteiger partial charge in [-0.3, -0.25) is 14.6 Å². The molecule has 0 radical (unpaired) electrons. The van der Waals surface area contributed by atoms with Crippen LogP contribution in [-0.2, 0) is 4.79 Å². The monoisotopic (exact) mass is 267 g/mol. The number of carbonyl (C=O) groups is 1. The van der Waals surface area contributed by atoms with E-state index in [0.29, 0.717) is 24.4 Å². The molecule has 0 aromatic carbocycles. The minimum absolute atomic E-state index is 0.329. The van der Waals surface area contributed by atoms with E-state index in [4.69, 9.17) is 0 Å². The van der Waals surface area contributed by atoms with E-state index in [1.165, 1.54) is 0 Å². The largest absolute Gasteiger partial charge is 0.341 e. The molecule has 4 heteroatoms. The van der Waals surface area contributed by atoms with Crippen LogP contribution in [0, 0.1) is 11.8 Å².